The first-order chi connectivity index (χ1) is 8.50. The highest BCUT2D eigenvalue weighted by Gasteiger charge is 2.18. The number of hydrogen-bond donors (Lipinski definition) is 2. The van der Waals surface area contributed by atoms with Crippen molar-refractivity contribution in [3.05, 3.63) is 18.7 Å². The van der Waals surface area contributed by atoms with Crippen LogP contribution in [0.15, 0.2) is 18.7 Å². The number of urea groups is 1. The van der Waals surface area contributed by atoms with E-state index >= 15 is 0 Å². The summed E-state index contributed by atoms with van der Waals surface area (Å²) in [6.45, 7) is 4.29. The number of nitrogens with one attached hydrogen (secondary N) is 1. The van der Waals surface area contributed by atoms with Crippen molar-refractivity contribution in [2.45, 2.75) is 26.4 Å². The minimum Gasteiger partial charge on any atom is -0.480 e. The van der Waals surface area contributed by atoms with Crippen LogP contribution < -0.4 is 5.32 Å². The molecule has 100 valence electrons. The molecule has 0 spiro atoms. The van der Waals surface area contributed by atoms with Gasteiger partial charge in [0.1, 0.15) is 6.54 Å². The van der Waals surface area contributed by atoms with Gasteiger partial charge in [0, 0.05) is 31.5 Å². The third-order valence-corrected chi connectivity index (χ3v) is 2.40. The lowest BCUT2D eigenvalue weighted by molar-refractivity contribution is -0.138. The highest BCUT2D eigenvalue weighted by molar-refractivity contribution is 5.80. The number of aromatic nitrogens is 2. The largest absolute Gasteiger partial charge is 0.480 e. The number of imidazole rings is 1. The quantitative estimate of drug-likeness (QED) is 0.768. The smallest absolute Gasteiger partial charge is 0.323 e. The van der Waals surface area contributed by atoms with Gasteiger partial charge in [0.25, 0.3) is 0 Å². The van der Waals surface area contributed by atoms with E-state index in [1.165, 1.54) is 4.90 Å². The molecular formula is C11H18N4O3. The van der Waals surface area contributed by atoms with Crippen molar-refractivity contribution in [3.8, 4) is 0 Å². The molecule has 18 heavy (non-hydrogen) atoms. The molecule has 0 aliphatic carbocycles. The normalized spacial score (nSPS) is 10.4. The Morgan fingerprint density at radius 1 is 1.50 bits per heavy atom. The predicted molar refractivity (Wildman–Crippen MR) is 65.1 cm³/mol. The molecule has 2 amide bonds. The van der Waals surface area contributed by atoms with E-state index in [4.69, 9.17) is 5.11 Å². The van der Waals surface area contributed by atoms with Gasteiger partial charge < -0.3 is 19.9 Å². The third kappa shape index (κ3) is 4.44. The van der Waals surface area contributed by atoms with Gasteiger partial charge >= 0.3 is 12.0 Å². The molecule has 7 heteroatoms. The molecule has 0 aliphatic rings. The second-order valence-electron chi connectivity index (χ2n) is 4.15. The highest BCUT2D eigenvalue weighted by Crippen LogP contribution is 1.98. The van der Waals surface area contributed by atoms with Crippen LogP contribution in [0.25, 0.3) is 0 Å². The van der Waals surface area contributed by atoms with Crippen LogP contribution in [0.1, 0.15) is 13.8 Å². The lowest BCUT2D eigenvalue weighted by atomic mass is 10.3. The maximum atomic E-state index is 11.8. The summed E-state index contributed by atoms with van der Waals surface area (Å²) in [6.07, 6.45) is 5.11. The Hall–Kier alpha value is -2.05. The van der Waals surface area contributed by atoms with Crippen molar-refractivity contribution < 1.29 is 14.7 Å². The first-order valence-electron chi connectivity index (χ1n) is 5.72. The van der Waals surface area contributed by atoms with E-state index in [0.29, 0.717) is 13.1 Å². The van der Waals surface area contributed by atoms with Crippen molar-refractivity contribution in [2.24, 2.45) is 0 Å². The Morgan fingerprint density at radius 2 is 2.22 bits per heavy atom. The Morgan fingerprint density at radius 3 is 2.72 bits per heavy atom. The zero-order valence-electron chi connectivity index (χ0n) is 10.5. The number of carboxylic acid groups (broad SMARTS) is 1. The average Bonchev–Trinajstić information content (AvgIpc) is 2.78. The maximum absolute atomic E-state index is 11.8. The summed E-state index contributed by atoms with van der Waals surface area (Å²) in [5.41, 5.74) is 0. The van der Waals surface area contributed by atoms with Crippen molar-refractivity contribution in [2.75, 3.05) is 13.1 Å². The van der Waals surface area contributed by atoms with Gasteiger partial charge in [0.15, 0.2) is 0 Å². The molecule has 1 rings (SSSR count). The SMILES string of the molecule is CC(C)N(CC(=O)O)C(=O)NCCn1ccnc1. The van der Waals surface area contributed by atoms with E-state index in [2.05, 4.69) is 10.3 Å². The molecule has 7 nitrogen and oxygen atoms in total. The topological polar surface area (TPSA) is 87.5 Å². The van der Waals surface area contributed by atoms with Crippen LogP contribution in [0.5, 0.6) is 0 Å². The summed E-state index contributed by atoms with van der Waals surface area (Å²) in [4.78, 5) is 27.6. The number of hydrogen-bond acceptors (Lipinski definition) is 3. The predicted octanol–water partition coefficient (Wildman–Crippen LogP) is 0.388. The van der Waals surface area contributed by atoms with E-state index in [1.54, 1.807) is 32.6 Å². The first-order valence-corrected chi connectivity index (χ1v) is 5.72. The second-order valence-corrected chi connectivity index (χ2v) is 4.15. The second kappa shape index (κ2) is 6.63. The van der Waals surface area contributed by atoms with Crippen LogP contribution in [0.4, 0.5) is 4.79 Å². The molecule has 1 aromatic heterocycles. The Labute approximate surface area is 105 Å². The molecule has 0 aromatic carbocycles. The molecule has 0 aliphatic heterocycles. The summed E-state index contributed by atoms with van der Waals surface area (Å²) < 4.78 is 1.83. The number of nitrogens with zero attached hydrogens (tertiary/aromatic N) is 3. The van der Waals surface area contributed by atoms with E-state index in [0.717, 1.165) is 0 Å². The van der Waals surface area contributed by atoms with Gasteiger partial charge in [-0.3, -0.25) is 4.79 Å². The standard InChI is InChI=1S/C11H18N4O3/c1-9(2)15(7-10(16)17)11(18)13-4-6-14-5-3-12-8-14/h3,5,8-9H,4,6-7H2,1-2H3,(H,13,18)(H,16,17). The van der Waals surface area contributed by atoms with Crippen molar-refractivity contribution in [1.82, 2.24) is 19.8 Å². The van der Waals surface area contributed by atoms with Crippen LogP contribution in [0, 0.1) is 0 Å². The van der Waals surface area contributed by atoms with Gasteiger partial charge in [0.05, 0.1) is 6.33 Å². The summed E-state index contributed by atoms with van der Waals surface area (Å²) >= 11 is 0. The van der Waals surface area contributed by atoms with Crippen molar-refractivity contribution in [1.29, 1.82) is 0 Å². The van der Waals surface area contributed by atoms with E-state index in [9.17, 15) is 9.59 Å². The van der Waals surface area contributed by atoms with Crippen LogP contribution in [0.2, 0.25) is 0 Å². The fourth-order valence-electron chi connectivity index (χ4n) is 1.45. The molecule has 0 atom stereocenters. The first kappa shape index (κ1) is 14.0. The highest BCUT2D eigenvalue weighted by atomic mass is 16.4. The van der Waals surface area contributed by atoms with Gasteiger partial charge in [-0.2, -0.15) is 0 Å². The van der Waals surface area contributed by atoms with Crippen LogP contribution in [-0.4, -0.2) is 50.7 Å². The Bertz CT molecular complexity index is 389. The Kier molecular flexibility index (Phi) is 5.16. The molecule has 0 fully saturated rings. The van der Waals surface area contributed by atoms with Gasteiger partial charge in [-0.05, 0) is 13.8 Å². The number of amides is 2. The van der Waals surface area contributed by atoms with E-state index < -0.39 is 5.97 Å². The monoisotopic (exact) mass is 254 g/mol. The summed E-state index contributed by atoms with van der Waals surface area (Å²) in [5, 5.41) is 11.4. The molecular weight excluding hydrogens is 236 g/mol. The number of carbonyl (C=O) groups excluding carboxylic acids is 1. The molecule has 0 radical (unpaired) electrons. The van der Waals surface area contributed by atoms with Crippen LogP contribution in [0.3, 0.4) is 0 Å². The Balaban J connectivity index is 2.39. The van der Waals surface area contributed by atoms with Crippen LogP contribution >= 0.6 is 0 Å². The maximum Gasteiger partial charge on any atom is 0.323 e. The summed E-state index contributed by atoms with van der Waals surface area (Å²) in [7, 11) is 0. The molecule has 0 bridgehead atoms. The number of aliphatic carboxylic acids is 1. The molecule has 0 saturated heterocycles. The molecule has 2 N–H and O–H groups in total. The van der Waals surface area contributed by atoms with E-state index in [-0.39, 0.29) is 18.6 Å². The lowest BCUT2D eigenvalue weighted by Gasteiger charge is -2.25. The number of carbonyl (C=O) groups is 2. The van der Waals surface area contributed by atoms with Crippen LogP contribution in [-0.2, 0) is 11.3 Å². The molecule has 1 aromatic rings. The molecule has 0 unspecified atom stereocenters. The van der Waals surface area contributed by atoms with E-state index in [1.807, 2.05) is 4.57 Å². The van der Waals surface area contributed by atoms with Gasteiger partial charge in [0.2, 0.25) is 0 Å². The van der Waals surface area contributed by atoms with Gasteiger partial charge in [-0.1, -0.05) is 0 Å². The third-order valence-electron chi connectivity index (χ3n) is 2.40. The molecule has 0 saturated carbocycles. The number of rotatable bonds is 6. The van der Waals surface area contributed by atoms with Crippen molar-refractivity contribution >= 4 is 12.0 Å². The van der Waals surface area contributed by atoms with Crippen molar-refractivity contribution in [3.63, 3.8) is 0 Å². The molecule has 1 heterocycles. The summed E-state index contributed by atoms with van der Waals surface area (Å²) in [6, 6.07) is -0.526. The average molecular weight is 254 g/mol. The fourth-order valence-corrected chi connectivity index (χ4v) is 1.45. The zero-order chi connectivity index (χ0) is 13.5. The van der Waals surface area contributed by atoms with Gasteiger partial charge in [-0.15, -0.1) is 0 Å². The number of carboxylic acids is 1. The van der Waals surface area contributed by atoms with Gasteiger partial charge in [-0.25, -0.2) is 9.78 Å². The lowest BCUT2D eigenvalue weighted by Crippen LogP contribution is -2.47. The minimum atomic E-state index is -1.02. The zero-order valence-corrected chi connectivity index (χ0v) is 10.5. The summed E-state index contributed by atoms with van der Waals surface area (Å²) in [5.74, 6) is -1.02. The minimum absolute atomic E-state index is 0.158. The fraction of sp³-hybridized carbons (Fsp3) is 0.545.